The zero-order valence-electron chi connectivity index (χ0n) is 13.6. The third-order valence-electron chi connectivity index (χ3n) is 4.95. The van der Waals surface area contributed by atoms with Gasteiger partial charge in [-0.1, -0.05) is 18.2 Å². The van der Waals surface area contributed by atoms with Gasteiger partial charge in [-0.2, -0.15) is 5.10 Å². The average molecular weight is 313 g/mol. The predicted molar refractivity (Wildman–Crippen MR) is 89.4 cm³/mol. The van der Waals surface area contributed by atoms with Gasteiger partial charge in [-0.05, 0) is 38.2 Å². The third kappa shape index (κ3) is 3.03. The second-order valence-corrected chi connectivity index (χ2v) is 6.81. The van der Waals surface area contributed by atoms with Gasteiger partial charge in [0.05, 0.1) is 24.4 Å². The predicted octanol–water partition coefficient (Wildman–Crippen LogP) is 2.16. The average Bonchev–Trinajstić information content (AvgIpc) is 3.29. The van der Waals surface area contributed by atoms with Gasteiger partial charge >= 0.3 is 0 Å². The van der Waals surface area contributed by atoms with E-state index in [1.807, 2.05) is 31.2 Å². The summed E-state index contributed by atoms with van der Waals surface area (Å²) >= 11 is 0. The Morgan fingerprint density at radius 3 is 2.74 bits per heavy atom. The summed E-state index contributed by atoms with van der Waals surface area (Å²) in [6, 6.07) is 8.35. The number of ether oxygens (including phenoxy) is 1. The summed E-state index contributed by atoms with van der Waals surface area (Å²) in [7, 11) is 0. The molecule has 1 aromatic carbocycles. The minimum absolute atomic E-state index is 0.0134. The molecule has 4 rings (SSSR count). The zero-order chi connectivity index (χ0) is 15.8. The molecule has 0 bridgehead atoms. The summed E-state index contributed by atoms with van der Waals surface area (Å²) in [4.78, 5) is 15.2. The molecule has 1 atom stereocenters. The van der Waals surface area contributed by atoms with Crippen LogP contribution in [0.15, 0.2) is 29.1 Å². The highest BCUT2D eigenvalue weighted by Gasteiger charge is 2.32. The van der Waals surface area contributed by atoms with Crippen LogP contribution in [0, 0.1) is 12.8 Å². The fourth-order valence-electron chi connectivity index (χ4n) is 3.49. The lowest BCUT2D eigenvalue weighted by atomic mass is 10.1. The third-order valence-corrected chi connectivity index (χ3v) is 4.95. The quantitative estimate of drug-likeness (QED) is 0.849. The van der Waals surface area contributed by atoms with E-state index in [0.717, 1.165) is 42.6 Å². The molecule has 2 fully saturated rings. The van der Waals surface area contributed by atoms with E-state index in [9.17, 15) is 4.79 Å². The second-order valence-electron chi connectivity index (χ2n) is 6.81. The van der Waals surface area contributed by atoms with Crippen molar-refractivity contribution in [3.05, 3.63) is 40.3 Å². The van der Waals surface area contributed by atoms with E-state index in [-0.39, 0.29) is 5.56 Å². The van der Waals surface area contributed by atoms with E-state index in [1.165, 1.54) is 12.8 Å². The van der Waals surface area contributed by atoms with E-state index in [2.05, 4.69) is 10.00 Å². The van der Waals surface area contributed by atoms with Crippen molar-refractivity contribution in [3.63, 3.8) is 0 Å². The van der Waals surface area contributed by atoms with E-state index < -0.39 is 0 Å². The van der Waals surface area contributed by atoms with E-state index >= 15 is 0 Å². The van der Waals surface area contributed by atoms with Crippen LogP contribution in [-0.2, 0) is 11.4 Å². The van der Waals surface area contributed by atoms with Crippen LogP contribution in [0.1, 0.15) is 25.0 Å². The first kappa shape index (κ1) is 14.8. The minimum Gasteiger partial charge on any atom is -0.381 e. The van der Waals surface area contributed by atoms with Crippen LogP contribution in [-0.4, -0.2) is 40.5 Å². The summed E-state index contributed by atoms with van der Waals surface area (Å²) in [5.74, 6) is 0.591. The summed E-state index contributed by atoms with van der Waals surface area (Å²) in [6.45, 7) is 5.29. The smallest absolute Gasteiger partial charge is 0.275 e. The Hall–Kier alpha value is -1.72. The van der Waals surface area contributed by atoms with Crippen molar-refractivity contribution in [1.29, 1.82) is 0 Å². The molecule has 0 amide bonds. The fourth-order valence-corrected chi connectivity index (χ4v) is 3.49. The molecule has 1 aromatic heterocycles. The Labute approximate surface area is 135 Å². The molecule has 1 aliphatic carbocycles. The highest BCUT2D eigenvalue weighted by Crippen LogP contribution is 2.29. The zero-order valence-corrected chi connectivity index (χ0v) is 13.6. The number of fused-ring (bicyclic) bond motifs is 1. The number of hydrogen-bond donors (Lipinski definition) is 0. The normalized spacial score (nSPS) is 21.4. The SMILES string of the molecule is Cc1nn(CN(CC2CCOC2)C2CC2)c(=O)c2ccccc12. The Morgan fingerprint density at radius 2 is 2.04 bits per heavy atom. The summed E-state index contributed by atoms with van der Waals surface area (Å²) in [5.41, 5.74) is 0.930. The summed E-state index contributed by atoms with van der Waals surface area (Å²) < 4.78 is 7.14. The number of aromatic nitrogens is 2. The molecule has 1 saturated heterocycles. The Morgan fingerprint density at radius 1 is 1.26 bits per heavy atom. The van der Waals surface area contributed by atoms with Gasteiger partial charge in [0, 0.05) is 24.6 Å². The van der Waals surface area contributed by atoms with E-state index in [4.69, 9.17) is 4.74 Å². The highest BCUT2D eigenvalue weighted by atomic mass is 16.5. The number of nitrogens with zero attached hydrogens (tertiary/aromatic N) is 3. The molecule has 5 heteroatoms. The molecule has 0 radical (unpaired) electrons. The molecule has 0 N–H and O–H groups in total. The molecule has 1 saturated carbocycles. The topological polar surface area (TPSA) is 47.4 Å². The molecule has 2 aromatic rings. The number of hydrogen-bond acceptors (Lipinski definition) is 4. The minimum atomic E-state index is 0.0134. The van der Waals surface area contributed by atoms with Crippen LogP contribution in [0.25, 0.3) is 10.8 Å². The summed E-state index contributed by atoms with van der Waals surface area (Å²) in [5, 5.41) is 6.28. The summed E-state index contributed by atoms with van der Waals surface area (Å²) in [6.07, 6.45) is 3.59. The van der Waals surface area contributed by atoms with Gasteiger partial charge in [-0.3, -0.25) is 9.69 Å². The van der Waals surface area contributed by atoms with Gasteiger partial charge in [0.1, 0.15) is 0 Å². The molecule has 23 heavy (non-hydrogen) atoms. The van der Waals surface area contributed by atoms with Crippen molar-refractivity contribution in [3.8, 4) is 0 Å². The Kier molecular flexibility index (Phi) is 3.91. The highest BCUT2D eigenvalue weighted by molar-refractivity contribution is 5.83. The largest absolute Gasteiger partial charge is 0.381 e. The van der Waals surface area contributed by atoms with Gasteiger partial charge in [0.15, 0.2) is 0 Å². The Bertz CT molecular complexity index is 760. The van der Waals surface area contributed by atoms with Gasteiger partial charge in [-0.15, -0.1) is 0 Å². The maximum Gasteiger partial charge on any atom is 0.275 e. The van der Waals surface area contributed by atoms with Crippen LogP contribution < -0.4 is 5.56 Å². The lowest BCUT2D eigenvalue weighted by molar-refractivity contribution is 0.140. The van der Waals surface area contributed by atoms with Gasteiger partial charge < -0.3 is 4.74 Å². The van der Waals surface area contributed by atoms with Gasteiger partial charge in [0.2, 0.25) is 0 Å². The van der Waals surface area contributed by atoms with Crippen LogP contribution in [0.3, 0.4) is 0 Å². The van der Waals surface area contributed by atoms with Crippen molar-refractivity contribution < 1.29 is 4.74 Å². The van der Waals surface area contributed by atoms with Crippen molar-refractivity contribution >= 4 is 10.8 Å². The number of rotatable bonds is 5. The lowest BCUT2D eigenvalue weighted by Crippen LogP contribution is -2.38. The molecule has 0 spiro atoms. The van der Waals surface area contributed by atoms with Crippen LogP contribution in [0.5, 0.6) is 0 Å². The van der Waals surface area contributed by atoms with E-state index in [1.54, 1.807) is 4.68 Å². The van der Waals surface area contributed by atoms with Crippen LogP contribution in [0.2, 0.25) is 0 Å². The molecule has 1 unspecified atom stereocenters. The number of aryl methyl sites for hydroxylation is 1. The standard InChI is InChI=1S/C18H23N3O2/c1-13-16-4-2-3-5-17(16)18(22)21(19-13)12-20(15-6-7-15)10-14-8-9-23-11-14/h2-5,14-15H,6-12H2,1H3. The van der Waals surface area contributed by atoms with E-state index in [0.29, 0.717) is 18.6 Å². The molecule has 5 nitrogen and oxygen atoms in total. The number of benzene rings is 1. The first-order chi connectivity index (χ1) is 11.2. The van der Waals surface area contributed by atoms with Crippen molar-refractivity contribution in [2.45, 2.75) is 38.9 Å². The first-order valence-electron chi connectivity index (χ1n) is 8.50. The Balaban J connectivity index is 1.62. The van der Waals surface area contributed by atoms with Crippen molar-refractivity contribution in [2.24, 2.45) is 5.92 Å². The van der Waals surface area contributed by atoms with Crippen LogP contribution >= 0.6 is 0 Å². The maximum absolute atomic E-state index is 12.7. The monoisotopic (exact) mass is 313 g/mol. The molecule has 122 valence electrons. The first-order valence-corrected chi connectivity index (χ1v) is 8.50. The molecular formula is C18H23N3O2. The lowest BCUT2D eigenvalue weighted by Gasteiger charge is -2.25. The maximum atomic E-state index is 12.7. The molecule has 2 heterocycles. The van der Waals surface area contributed by atoms with Gasteiger partial charge in [0.25, 0.3) is 5.56 Å². The van der Waals surface area contributed by atoms with Gasteiger partial charge in [-0.25, -0.2) is 4.68 Å². The molecule has 2 aliphatic rings. The molecule has 1 aliphatic heterocycles. The fraction of sp³-hybridized carbons (Fsp3) is 0.556. The van der Waals surface area contributed by atoms with Crippen LogP contribution in [0.4, 0.5) is 0 Å². The van der Waals surface area contributed by atoms with Crippen molar-refractivity contribution in [2.75, 3.05) is 19.8 Å². The second kappa shape index (κ2) is 6.06. The van der Waals surface area contributed by atoms with Crippen molar-refractivity contribution in [1.82, 2.24) is 14.7 Å². The molecular weight excluding hydrogens is 290 g/mol.